The first-order valence-corrected chi connectivity index (χ1v) is 10.7. The molecule has 1 fully saturated rings. The fourth-order valence-corrected chi connectivity index (χ4v) is 3.96. The van der Waals surface area contributed by atoms with Gasteiger partial charge in [0.15, 0.2) is 0 Å². The molecule has 6 nitrogen and oxygen atoms in total. The number of urea groups is 1. The van der Waals surface area contributed by atoms with Crippen LogP contribution in [-0.2, 0) is 11.3 Å². The van der Waals surface area contributed by atoms with Crippen molar-refractivity contribution in [3.05, 3.63) is 48.2 Å². The lowest BCUT2D eigenvalue weighted by atomic mass is 10.2. The SMILES string of the molecule is CCN(CC)c1cc(CN2C(=O)N(c3ccc(SC(F)(F)F)cc3)C(=O)C2C)ccn1. The van der Waals surface area contributed by atoms with E-state index in [0.29, 0.717) is 0 Å². The van der Waals surface area contributed by atoms with Crippen molar-refractivity contribution in [3.63, 3.8) is 0 Å². The Hall–Kier alpha value is -2.75. The summed E-state index contributed by atoms with van der Waals surface area (Å²) in [6.45, 7) is 7.50. The highest BCUT2D eigenvalue weighted by atomic mass is 32.2. The van der Waals surface area contributed by atoms with E-state index in [-0.39, 0.29) is 28.9 Å². The molecule has 1 unspecified atom stereocenters. The summed E-state index contributed by atoms with van der Waals surface area (Å²) in [5.74, 6) is 0.377. The lowest BCUT2D eigenvalue weighted by molar-refractivity contribution is -0.119. The molecule has 1 aromatic carbocycles. The van der Waals surface area contributed by atoms with Gasteiger partial charge in [0.1, 0.15) is 11.9 Å². The second kappa shape index (κ2) is 9.17. The molecule has 0 saturated carbocycles. The second-order valence-electron chi connectivity index (χ2n) is 7.00. The molecule has 0 bridgehead atoms. The number of pyridine rings is 1. The average Bonchev–Trinajstić information content (AvgIpc) is 2.92. The van der Waals surface area contributed by atoms with E-state index in [2.05, 4.69) is 9.88 Å². The van der Waals surface area contributed by atoms with Gasteiger partial charge in [-0.25, -0.2) is 14.7 Å². The molecule has 3 rings (SSSR count). The largest absolute Gasteiger partial charge is 0.446 e. The van der Waals surface area contributed by atoms with E-state index in [1.54, 1.807) is 19.2 Å². The normalized spacial score (nSPS) is 16.9. The molecular formula is C21H23F3N4O2S. The van der Waals surface area contributed by atoms with E-state index in [1.165, 1.54) is 29.2 Å². The first-order valence-electron chi connectivity index (χ1n) is 9.84. The molecule has 1 saturated heterocycles. The Bertz CT molecular complexity index is 948. The van der Waals surface area contributed by atoms with Gasteiger partial charge < -0.3 is 9.80 Å². The summed E-state index contributed by atoms with van der Waals surface area (Å²) in [6.07, 6.45) is 1.67. The molecule has 0 spiro atoms. The molecule has 1 aliphatic heterocycles. The van der Waals surface area contributed by atoms with Gasteiger partial charge in [0.25, 0.3) is 5.91 Å². The summed E-state index contributed by atoms with van der Waals surface area (Å²) in [7, 11) is 0. The number of imide groups is 1. The molecule has 0 aliphatic carbocycles. The van der Waals surface area contributed by atoms with E-state index in [4.69, 9.17) is 0 Å². The Labute approximate surface area is 183 Å². The molecule has 2 aromatic rings. The van der Waals surface area contributed by atoms with Crippen LogP contribution in [0.25, 0.3) is 0 Å². The first-order chi connectivity index (χ1) is 14.6. The van der Waals surface area contributed by atoms with Gasteiger partial charge in [0.05, 0.1) is 5.69 Å². The molecule has 166 valence electrons. The number of thioether (sulfide) groups is 1. The van der Waals surface area contributed by atoms with Gasteiger partial charge in [-0.3, -0.25) is 4.79 Å². The molecule has 1 aromatic heterocycles. The smallest absolute Gasteiger partial charge is 0.357 e. The topological polar surface area (TPSA) is 56.8 Å². The van der Waals surface area contributed by atoms with Crippen molar-refractivity contribution in [2.24, 2.45) is 0 Å². The van der Waals surface area contributed by atoms with E-state index >= 15 is 0 Å². The minimum atomic E-state index is -4.40. The Balaban J connectivity index is 1.79. The highest BCUT2D eigenvalue weighted by Gasteiger charge is 2.43. The number of rotatable bonds is 7. The van der Waals surface area contributed by atoms with Crippen LogP contribution in [-0.4, -0.2) is 46.5 Å². The molecule has 31 heavy (non-hydrogen) atoms. The number of halogens is 3. The number of benzene rings is 1. The van der Waals surface area contributed by atoms with Crippen molar-refractivity contribution in [1.82, 2.24) is 9.88 Å². The Morgan fingerprint density at radius 1 is 1.10 bits per heavy atom. The summed E-state index contributed by atoms with van der Waals surface area (Å²) < 4.78 is 37.6. The minimum absolute atomic E-state index is 0.0130. The third-order valence-electron chi connectivity index (χ3n) is 5.06. The van der Waals surface area contributed by atoms with E-state index in [0.717, 1.165) is 29.4 Å². The predicted molar refractivity (Wildman–Crippen MR) is 114 cm³/mol. The van der Waals surface area contributed by atoms with Gasteiger partial charge in [-0.05, 0) is 74.5 Å². The zero-order valence-corrected chi connectivity index (χ0v) is 18.2. The maximum atomic E-state index is 13.0. The fourth-order valence-electron chi connectivity index (χ4n) is 3.42. The number of hydrogen-bond donors (Lipinski definition) is 0. The Morgan fingerprint density at radius 2 is 1.74 bits per heavy atom. The molecule has 10 heteroatoms. The van der Waals surface area contributed by atoms with Crippen LogP contribution in [0.3, 0.4) is 0 Å². The zero-order chi connectivity index (χ0) is 22.8. The van der Waals surface area contributed by atoms with Crippen molar-refractivity contribution in [1.29, 1.82) is 0 Å². The van der Waals surface area contributed by atoms with Crippen LogP contribution in [0, 0.1) is 0 Å². The number of nitrogens with zero attached hydrogens (tertiary/aromatic N) is 4. The van der Waals surface area contributed by atoms with Crippen molar-refractivity contribution in [2.75, 3.05) is 22.9 Å². The lowest BCUT2D eigenvalue weighted by Gasteiger charge is -2.22. The molecule has 1 atom stereocenters. The van der Waals surface area contributed by atoms with Crippen LogP contribution in [0.2, 0.25) is 0 Å². The van der Waals surface area contributed by atoms with Gasteiger partial charge in [0, 0.05) is 30.7 Å². The number of aromatic nitrogens is 1. The second-order valence-corrected chi connectivity index (χ2v) is 8.13. The van der Waals surface area contributed by atoms with Gasteiger partial charge in [-0.1, -0.05) is 0 Å². The third kappa shape index (κ3) is 5.12. The van der Waals surface area contributed by atoms with Crippen LogP contribution in [0.1, 0.15) is 26.3 Å². The summed E-state index contributed by atoms with van der Waals surface area (Å²) >= 11 is -0.245. The first kappa shape index (κ1) is 22.9. The van der Waals surface area contributed by atoms with Gasteiger partial charge in [-0.15, -0.1) is 0 Å². The summed E-state index contributed by atoms with van der Waals surface area (Å²) in [6, 6.07) is 7.70. The van der Waals surface area contributed by atoms with Crippen molar-refractivity contribution in [3.8, 4) is 0 Å². The standard InChI is InChI=1S/C21H23F3N4O2S/c1-4-26(5-2)18-12-15(10-11-25-18)13-27-14(3)19(29)28(20(27)30)16-6-8-17(9-7-16)31-21(22,23)24/h6-12,14H,4-5,13H2,1-3H3. The molecule has 1 aliphatic rings. The van der Waals surface area contributed by atoms with Crippen LogP contribution < -0.4 is 9.80 Å². The Kier molecular flexibility index (Phi) is 6.78. The maximum absolute atomic E-state index is 13.0. The highest BCUT2D eigenvalue weighted by Crippen LogP contribution is 2.38. The number of carbonyl (C=O) groups excluding carboxylic acids is 2. The summed E-state index contributed by atoms with van der Waals surface area (Å²) in [4.78, 5) is 34.6. The van der Waals surface area contributed by atoms with Crippen molar-refractivity contribution in [2.45, 2.75) is 43.8 Å². The molecule has 0 N–H and O–H groups in total. The number of amides is 3. The molecule has 3 amide bonds. The van der Waals surface area contributed by atoms with Crippen LogP contribution in [0.5, 0.6) is 0 Å². The van der Waals surface area contributed by atoms with Crippen LogP contribution >= 0.6 is 11.8 Å². The number of carbonyl (C=O) groups is 2. The molecule has 0 radical (unpaired) electrons. The third-order valence-corrected chi connectivity index (χ3v) is 5.80. The minimum Gasteiger partial charge on any atom is -0.357 e. The molecular weight excluding hydrogens is 429 g/mol. The van der Waals surface area contributed by atoms with Crippen LogP contribution in [0.4, 0.5) is 29.5 Å². The monoisotopic (exact) mass is 452 g/mol. The number of anilines is 2. The lowest BCUT2D eigenvalue weighted by Crippen LogP contribution is -2.33. The van der Waals surface area contributed by atoms with E-state index in [1.807, 2.05) is 19.9 Å². The number of alkyl halides is 3. The van der Waals surface area contributed by atoms with Crippen molar-refractivity contribution >= 4 is 35.2 Å². The van der Waals surface area contributed by atoms with Crippen molar-refractivity contribution < 1.29 is 22.8 Å². The summed E-state index contributed by atoms with van der Waals surface area (Å²) in [5.41, 5.74) is -3.32. The molecule has 2 heterocycles. The maximum Gasteiger partial charge on any atom is 0.446 e. The van der Waals surface area contributed by atoms with Crippen LogP contribution in [0.15, 0.2) is 47.5 Å². The van der Waals surface area contributed by atoms with Gasteiger partial charge in [0.2, 0.25) is 0 Å². The number of hydrogen-bond acceptors (Lipinski definition) is 5. The fraction of sp³-hybridized carbons (Fsp3) is 0.381. The zero-order valence-electron chi connectivity index (χ0n) is 17.4. The van der Waals surface area contributed by atoms with Gasteiger partial charge in [-0.2, -0.15) is 13.2 Å². The van der Waals surface area contributed by atoms with E-state index < -0.39 is 23.5 Å². The quantitative estimate of drug-likeness (QED) is 0.442. The highest BCUT2D eigenvalue weighted by molar-refractivity contribution is 8.00. The predicted octanol–water partition coefficient (Wildman–Crippen LogP) is 4.90. The average molecular weight is 453 g/mol. The summed E-state index contributed by atoms with van der Waals surface area (Å²) in [5, 5.41) is 0. The van der Waals surface area contributed by atoms with E-state index in [9.17, 15) is 22.8 Å². The van der Waals surface area contributed by atoms with Gasteiger partial charge >= 0.3 is 11.5 Å². The Morgan fingerprint density at radius 3 is 2.32 bits per heavy atom.